The Morgan fingerprint density at radius 3 is 2.52 bits per heavy atom. The minimum Gasteiger partial charge on any atom is -0.490 e. The molecule has 1 spiro atoms. The monoisotopic (exact) mass is 429 g/mol. The van der Waals surface area contributed by atoms with Crippen LogP contribution < -0.4 is 20.1 Å². The van der Waals surface area contributed by atoms with E-state index in [1.807, 2.05) is 32.0 Å². The zero-order valence-electron chi connectivity index (χ0n) is 18.2. The number of carbonyl (C=O) groups is 3. The summed E-state index contributed by atoms with van der Waals surface area (Å²) in [6.07, 6.45) is 4.99. The molecular formula is C23H31N3O5. The molecule has 2 aliphatic heterocycles. The van der Waals surface area contributed by atoms with Crippen molar-refractivity contribution in [1.29, 1.82) is 0 Å². The first-order valence-electron chi connectivity index (χ1n) is 11.2. The molecule has 1 aromatic carbocycles. The molecule has 2 N–H and O–H groups in total. The van der Waals surface area contributed by atoms with Gasteiger partial charge in [0.05, 0.1) is 19.3 Å². The Labute approximate surface area is 182 Å². The van der Waals surface area contributed by atoms with Crippen molar-refractivity contribution < 1.29 is 23.9 Å². The van der Waals surface area contributed by atoms with E-state index in [0.29, 0.717) is 37.6 Å². The third-order valence-electron chi connectivity index (χ3n) is 6.37. The standard InChI is InChI=1S/C23H31N3O5/c1-15(2)20(16-7-8-17-18(13-16)31-12-6-11-30-17)24-19(27)14-26-21(28)23(25-22(26)29)9-4-3-5-10-23/h7-8,13,15,20H,3-6,9-12,14H2,1-2H3,(H,24,27)(H,25,29)/t20-/m1/s1. The molecule has 2 fully saturated rings. The molecule has 0 radical (unpaired) electrons. The number of rotatable bonds is 5. The number of imide groups is 1. The Balaban J connectivity index is 1.45. The largest absolute Gasteiger partial charge is 0.490 e. The number of nitrogens with one attached hydrogen (secondary N) is 2. The SMILES string of the molecule is CC(C)[C@@H](NC(=O)CN1C(=O)NC2(CCCCC2)C1=O)c1ccc2c(c1)OCCCO2. The van der Waals surface area contributed by atoms with Gasteiger partial charge in [-0.05, 0) is 36.5 Å². The summed E-state index contributed by atoms with van der Waals surface area (Å²) in [5, 5.41) is 5.85. The first-order valence-corrected chi connectivity index (χ1v) is 11.2. The predicted molar refractivity (Wildman–Crippen MR) is 114 cm³/mol. The van der Waals surface area contributed by atoms with Crippen LogP contribution in [0.5, 0.6) is 11.5 Å². The summed E-state index contributed by atoms with van der Waals surface area (Å²) >= 11 is 0. The summed E-state index contributed by atoms with van der Waals surface area (Å²) in [4.78, 5) is 39.3. The molecule has 4 rings (SSSR count). The van der Waals surface area contributed by atoms with Gasteiger partial charge in [0.2, 0.25) is 5.91 Å². The average Bonchev–Trinajstić information content (AvgIpc) is 2.92. The van der Waals surface area contributed by atoms with Crippen molar-refractivity contribution in [2.75, 3.05) is 19.8 Å². The molecule has 1 saturated carbocycles. The van der Waals surface area contributed by atoms with Crippen molar-refractivity contribution in [3.63, 3.8) is 0 Å². The van der Waals surface area contributed by atoms with Gasteiger partial charge in [-0.25, -0.2) is 4.79 Å². The number of hydrogen-bond acceptors (Lipinski definition) is 5. The van der Waals surface area contributed by atoms with E-state index in [-0.39, 0.29) is 30.3 Å². The van der Waals surface area contributed by atoms with Crippen molar-refractivity contribution >= 4 is 17.8 Å². The maximum Gasteiger partial charge on any atom is 0.325 e. The molecule has 0 aromatic heterocycles. The lowest BCUT2D eigenvalue weighted by atomic mass is 9.82. The van der Waals surface area contributed by atoms with E-state index in [1.54, 1.807) is 0 Å². The van der Waals surface area contributed by atoms with Crippen LogP contribution >= 0.6 is 0 Å². The quantitative estimate of drug-likeness (QED) is 0.702. The summed E-state index contributed by atoms with van der Waals surface area (Å²) in [5.74, 6) is 0.836. The molecule has 1 saturated heterocycles. The zero-order valence-corrected chi connectivity index (χ0v) is 18.2. The van der Waals surface area contributed by atoms with E-state index in [1.165, 1.54) is 0 Å². The second-order valence-electron chi connectivity index (χ2n) is 9.01. The summed E-state index contributed by atoms with van der Waals surface area (Å²) in [6.45, 7) is 4.95. The first kappa shape index (κ1) is 21.5. The Morgan fingerprint density at radius 1 is 1.10 bits per heavy atom. The molecule has 31 heavy (non-hydrogen) atoms. The Bertz CT molecular complexity index is 863. The molecule has 8 nitrogen and oxygen atoms in total. The molecule has 168 valence electrons. The van der Waals surface area contributed by atoms with Crippen molar-refractivity contribution in [1.82, 2.24) is 15.5 Å². The number of carbonyl (C=O) groups excluding carboxylic acids is 3. The number of nitrogens with zero attached hydrogens (tertiary/aromatic N) is 1. The van der Waals surface area contributed by atoms with Crippen LogP contribution in [0.25, 0.3) is 0 Å². The fraction of sp³-hybridized carbons (Fsp3) is 0.609. The Morgan fingerprint density at radius 2 is 1.81 bits per heavy atom. The van der Waals surface area contributed by atoms with Gasteiger partial charge in [-0.1, -0.05) is 39.2 Å². The number of hydrogen-bond donors (Lipinski definition) is 2. The van der Waals surface area contributed by atoms with Crippen LogP contribution in [0.1, 0.15) is 64.0 Å². The highest BCUT2D eigenvalue weighted by molar-refractivity contribution is 6.09. The molecule has 1 aromatic rings. The maximum absolute atomic E-state index is 12.9. The van der Waals surface area contributed by atoms with Gasteiger partial charge in [0, 0.05) is 6.42 Å². The third kappa shape index (κ3) is 4.34. The van der Waals surface area contributed by atoms with Crippen molar-refractivity contribution in [3.05, 3.63) is 23.8 Å². The van der Waals surface area contributed by atoms with E-state index >= 15 is 0 Å². The molecular weight excluding hydrogens is 398 g/mol. The number of benzene rings is 1. The molecule has 8 heteroatoms. The lowest BCUT2D eigenvalue weighted by Gasteiger charge is -2.30. The van der Waals surface area contributed by atoms with E-state index in [4.69, 9.17) is 9.47 Å². The molecule has 2 heterocycles. The molecule has 1 atom stereocenters. The lowest BCUT2D eigenvalue weighted by Crippen LogP contribution is -2.49. The third-order valence-corrected chi connectivity index (χ3v) is 6.37. The minimum atomic E-state index is -0.818. The Kier molecular flexibility index (Phi) is 6.07. The highest BCUT2D eigenvalue weighted by Crippen LogP contribution is 2.35. The summed E-state index contributed by atoms with van der Waals surface area (Å²) in [5.41, 5.74) is 0.0788. The highest BCUT2D eigenvalue weighted by Gasteiger charge is 2.51. The predicted octanol–water partition coefficient (Wildman–Crippen LogP) is 2.92. The van der Waals surface area contributed by atoms with Crippen LogP contribution in [0, 0.1) is 5.92 Å². The number of ether oxygens (including phenoxy) is 2. The lowest BCUT2D eigenvalue weighted by molar-refractivity contribution is -0.136. The second-order valence-corrected chi connectivity index (χ2v) is 9.01. The smallest absolute Gasteiger partial charge is 0.325 e. The van der Waals surface area contributed by atoms with Gasteiger partial charge in [-0.3, -0.25) is 14.5 Å². The molecule has 1 aliphatic carbocycles. The van der Waals surface area contributed by atoms with Gasteiger partial charge >= 0.3 is 6.03 Å². The van der Waals surface area contributed by atoms with Crippen LogP contribution in [0.4, 0.5) is 4.79 Å². The van der Waals surface area contributed by atoms with E-state index < -0.39 is 11.6 Å². The van der Waals surface area contributed by atoms with Gasteiger partial charge in [0.15, 0.2) is 11.5 Å². The summed E-state index contributed by atoms with van der Waals surface area (Å²) in [7, 11) is 0. The van der Waals surface area contributed by atoms with Crippen LogP contribution in [0.2, 0.25) is 0 Å². The van der Waals surface area contributed by atoms with Crippen LogP contribution in [-0.2, 0) is 9.59 Å². The first-order chi connectivity index (χ1) is 14.9. The van der Waals surface area contributed by atoms with Gasteiger partial charge in [0.25, 0.3) is 5.91 Å². The number of fused-ring (bicyclic) bond motifs is 1. The molecule has 0 bridgehead atoms. The van der Waals surface area contributed by atoms with Gasteiger partial charge in [-0.2, -0.15) is 0 Å². The van der Waals surface area contributed by atoms with Crippen LogP contribution in [0.3, 0.4) is 0 Å². The van der Waals surface area contributed by atoms with E-state index in [2.05, 4.69) is 10.6 Å². The van der Waals surface area contributed by atoms with Crippen LogP contribution in [0.15, 0.2) is 18.2 Å². The van der Waals surface area contributed by atoms with E-state index in [9.17, 15) is 14.4 Å². The van der Waals surface area contributed by atoms with Gasteiger partial charge in [-0.15, -0.1) is 0 Å². The minimum absolute atomic E-state index is 0.0986. The van der Waals surface area contributed by atoms with E-state index in [0.717, 1.165) is 36.1 Å². The van der Waals surface area contributed by atoms with Gasteiger partial charge < -0.3 is 20.1 Å². The van der Waals surface area contributed by atoms with Crippen molar-refractivity contribution in [3.8, 4) is 11.5 Å². The van der Waals surface area contributed by atoms with Gasteiger partial charge in [0.1, 0.15) is 12.1 Å². The van der Waals surface area contributed by atoms with Crippen molar-refractivity contribution in [2.45, 2.75) is 64.0 Å². The second kappa shape index (κ2) is 8.77. The maximum atomic E-state index is 12.9. The molecule has 4 amide bonds. The Hall–Kier alpha value is -2.77. The summed E-state index contributed by atoms with van der Waals surface area (Å²) in [6, 6.07) is 4.93. The van der Waals surface area contributed by atoms with Crippen molar-refractivity contribution in [2.24, 2.45) is 5.92 Å². The zero-order chi connectivity index (χ0) is 22.0. The highest BCUT2D eigenvalue weighted by atomic mass is 16.5. The fourth-order valence-electron chi connectivity index (χ4n) is 4.68. The average molecular weight is 430 g/mol. The number of urea groups is 1. The van der Waals surface area contributed by atoms with Crippen LogP contribution in [-0.4, -0.2) is 48.0 Å². The molecule has 3 aliphatic rings. The molecule has 0 unspecified atom stereocenters. The fourth-order valence-corrected chi connectivity index (χ4v) is 4.68. The topological polar surface area (TPSA) is 97.0 Å². The number of amides is 4. The summed E-state index contributed by atoms with van der Waals surface area (Å²) < 4.78 is 11.5. The normalized spacial score (nSPS) is 21.1.